The average Bonchev–Trinajstić information content (AvgIpc) is 2.96. The third kappa shape index (κ3) is 2.48. The predicted molar refractivity (Wildman–Crippen MR) is 81.3 cm³/mol. The van der Waals surface area contributed by atoms with Crippen LogP contribution in [-0.2, 0) is 6.61 Å². The molecule has 0 unspecified atom stereocenters. The Hall–Kier alpha value is -2.28. The maximum absolute atomic E-state index is 9.28. The van der Waals surface area contributed by atoms with E-state index in [1.807, 2.05) is 22.9 Å². The highest BCUT2D eigenvalue weighted by atomic mass is 16.5. The van der Waals surface area contributed by atoms with Gasteiger partial charge in [0.1, 0.15) is 18.1 Å². The van der Waals surface area contributed by atoms with Crippen LogP contribution in [0, 0.1) is 0 Å². The van der Waals surface area contributed by atoms with Crippen molar-refractivity contribution in [3.63, 3.8) is 0 Å². The van der Waals surface area contributed by atoms with Gasteiger partial charge in [-0.2, -0.15) is 10.1 Å². The van der Waals surface area contributed by atoms with Gasteiger partial charge in [0.15, 0.2) is 5.82 Å². The molecule has 2 N–H and O–H groups in total. The van der Waals surface area contributed by atoms with E-state index in [2.05, 4.69) is 22.3 Å². The number of ether oxygens (including phenoxy) is 2. The third-order valence-electron chi connectivity index (χ3n) is 3.86. The van der Waals surface area contributed by atoms with E-state index in [4.69, 9.17) is 9.47 Å². The van der Waals surface area contributed by atoms with Crippen LogP contribution in [0.5, 0.6) is 11.5 Å². The van der Waals surface area contributed by atoms with Crippen molar-refractivity contribution < 1.29 is 14.6 Å². The van der Waals surface area contributed by atoms with Crippen molar-refractivity contribution in [3.05, 3.63) is 29.6 Å². The van der Waals surface area contributed by atoms with Crippen LogP contribution >= 0.6 is 0 Å². The van der Waals surface area contributed by atoms with Crippen molar-refractivity contribution in [2.24, 2.45) is 0 Å². The van der Waals surface area contributed by atoms with Crippen molar-refractivity contribution >= 4 is 5.95 Å². The van der Waals surface area contributed by atoms with Crippen LogP contribution in [0.2, 0.25) is 0 Å². The Bertz CT molecular complexity index is 671. The lowest BCUT2D eigenvalue weighted by Crippen LogP contribution is -2.31. The summed E-state index contributed by atoms with van der Waals surface area (Å²) in [6, 6.07) is 5.94. The highest BCUT2D eigenvalue weighted by Crippen LogP contribution is 2.37. The fourth-order valence-corrected chi connectivity index (χ4v) is 2.82. The van der Waals surface area contributed by atoms with Gasteiger partial charge in [-0.15, -0.1) is 0 Å². The lowest BCUT2D eigenvalue weighted by Gasteiger charge is -2.30. The summed E-state index contributed by atoms with van der Waals surface area (Å²) in [5.74, 6) is 2.62. The van der Waals surface area contributed by atoms with Crippen LogP contribution in [0.15, 0.2) is 18.2 Å². The van der Waals surface area contributed by atoms with Gasteiger partial charge in [0.25, 0.3) is 0 Å². The summed E-state index contributed by atoms with van der Waals surface area (Å²) in [6.07, 6.45) is 0.838. The normalized spacial score (nSPS) is 20.2. The number of anilines is 1. The fraction of sp³-hybridized carbons (Fsp3) is 0.467. The summed E-state index contributed by atoms with van der Waals surface area (Å²) in [6.45, 7) is 1.91. The summed E-state index contributed by atoms with van der Waals surface area (Å²) in [5.41, 5.74) is 0.992. The number of aliphatic hydroxyl groups excluding tert-OH is 1. The molecule has 2 atom stereocenters. The van der Waals surface area contributed by atoms with E-state index in [0.717, 1.165) is 23.5 Å². The minimum Gasteiger partial charge on any atom is -0.497 e. The summed E-state index contributed by atoms with van der Waals surface area (Å²) in [5, 5.41) is 17.0. The molecule has 2 aromatic rings. The number of nitrogens with one attached hydrogen (secondary N) is 1. The number of hydrogen-bond acceptors (Lipinski definition) is 6. The molecule has 2 heterocycles. The number of benzene rings is 1. The van der Waals surface area contributed by atoms with Gasteiger partial charge in [-0.1, -0.05) is 0 Å². The third-order valence-corrected chi connectivity index (χ3v) is 3.86. The molecule has 0 amide bonds. The van der Waals surface area contributed by atoms with Crippen molar-refractivity contribution in [2.45, 2.75) is 32.0 Å². The Morgan fingerprint density at radius 2 is 2.18 bits per heavy atom. The standard InChI is InChI=1S/C15H20N4O3/c1-9-6-12(19-15(16-9)17-14(8-20)18-19)11-7-10(21-2)4-5-13(11)22-3/h4-5,7,9,12,20H,6,8H2,1-3H3,(H,16,17,18)/t9-,12+/m1/s1. The largest absolute Gasteiger partial charge is 0.497 e. The van der Waals surface area contributed by atoms with E-state index in [0.29, 0.717) is 11.8 Å². The van der Waals surface area contributed by atoms with E-state index in [9.17, 15) is 5.11 Å². The molecule has 7 heteroatoms. The molecule has 1 aromatic heterocycles. The first-order chi connectivity index (χ1) is 10.7. The van der Waals surface area contributed by atoms with Crippen molar-refractivity contribution in [1.82, 2.24) is 14.8 Å². The number of aliphatic hydroxyl groups is 1. The van der Waals surface area contributed by atoms with Crippen LogP contribution in [0.3, 0.4) is 0 Å². The first kappa shape index (κ1) is 14.6. The predicted octanol–water partition coefficient (Wildman–Crippen LogP) is 1.58. The molecule has 0 aliphatic carbocycles. The molecule has 0 fully saturated rings. The Balaban J connectivity index is 2.10. The van der Waals surface area contributed by atoms with Crippen LogP contribution in [0.25, 0.3) is 0 Å². The van der Waals surface area contributed by atoms with Gasteiger partial charge in [0.2, 0.25) is 5.95 Å². The van der Waals surface area contributed by atoms with Gasteiger partial charge < -0.3 is 19.9 Å². The molecule has 0 bridgehead atoms. The minimum atomic E-state index is -0.183. The molecule has 1 aliphatic rings. The molecule has 0 saturated heterocycles. The minimum absolute atomic E-state index is 0.0240. The number of fused-ring (bicyclic) bond motifs is 1. The Morgan fingerprint density at radius 3 is 2.86 bits per heavy atom. The number of aromatic nitrogens is 3. The average molecular weight is 304 g/mol. The molecule has 3 rings (SSSR count). The van der Waals surface area contributed by atoms with Gasteiger partial charge in [0, 0.05) is 11.6 Å². The van der Waals surface area contributed by atoms with E-state index in [1.165, 1.54) is 0 Å². The van der Waals surface area contributed by atoms with Crippen LogP contribution < -0.4 is 14.8 Å². The molecular formula is C15H20N4O3. The van der Waals surface area contributed by atoms with E-state index in [-0.39, 0.29) is 18.7 Å². The fourth-order valence-electron chi connectivity index (χ4n) is 2.82. The number of methoxy groups -OCH3 is 2. The Labute approximate surface area is 128 Å². The summed E-state index contributed by atoms with van der Waals surface area (Å²) < 4.78 is 12.6. The summed E-state index contributed by atoms with van der Waals surface area (Å²) in [4.78, 5) is 4.31. The second-order valence-electron chi connectivity index (χ2n) is 5.36. The maximum atomic E-state index is 9.28. The monoisotopic (exact) mass is 304 g/mol. The zero-order chi connectivity index (χ0) is 15.7. The van der Waals surface area contributed by atoms with Gasteiger partial charge in [-0.3, -0.25) is 0 Å². The Kier molecular flexibility index (Phi) is 3.89. The van der Waals surface area contributed by atoms with Gasteiger partial charge >= 0.3 is 0 Å². The van der Waals surface area contributed by atoms with Gasteiger partial charge in [-0.05, 0) is 31.5 Å². The molecule has 118 valence electrons. The van der Waals surface area contributed by atoms with Gasteiger partial charge in [-0.25, -0.2) is 4.68 Å². The van der Waals surface area contributed by atoms with Crippen LogP contribution in [0.4, 0.5) is 5.95 Å². The van der Waals surface area contributed by atoms with Crippen molar-refractivity contribution in [2.75, 3.05) is 19.5 Å². The molecule has 22 heavy (non-hydrogen) atoms. The Morgan fingerprint density at radius 1 is 1.36 bits per heavy atom. The highest BCUT2D eigenvalue weighted by Gasteiger charge is 2.30. The first-order valence-corrected chi connectivity index (χ1v) is 7.21. The van der Waals surface area contributed by atoms with Crippen molar-refractivity contribution in [1.29, 1.82) is 0 Å². The molecular weight excluding hydrogens is 284 g/mol. The smallest absolute Gasteiger partial charge is 0.222 e. The lowest BCUT2D eigenvalue weighted by atomic mass is 9.97. The van der Waals surface area contributed by atoms with E-state index >= 15 is 0 Å². The second-order valence-corrected chi connectivity index (χ2v) is 5.36. The first-order valence-electron chi connectivity index (χ1n) is 7.21. The van der Waals surface area contributed by atoms with Crippen LogP contribution in [-0.4, -0.2) is 40.1 Å². The molecule has 0 saturated carbocycles. The van der Waals surface area contributed by atoms with Crippen molar-refractivity contribution in [3.8, 4) is 11.5 Å². The molecule has 1 aliphatic heterocycles. The molecule has 1 aromatic carbocycles. The topological polar surface area (TPSA) is 81.4 Å². The number of rotatable bonds is 4. The SMILES string of the molecule is COc1ccc(OC)c([C@@H]2C[C@@H](C)Nc3nc(CO)nn32)c1. The number of hydrogen-bond donors (Lipinski definition) is 2. The summed E-state index contributed by atoms with van der Waals surface area (Å²) >= 11 is 0. The number of nitrogens with zero attached hydrogens (tertiary/aromatic N) is 3. The van der Waals surface area contributed by atoms with E-state index < -0.39 is 0 Å². The quantitative estimate of drug-likeness (QED) is 0.892. The summed E-state index contributed by atoms with van der Waals surface area (Å²) in [7, 11) is 3.29. The zero-order valence-electron chi connectivity index (χ0n) is 12.9. The van der Waals surface area contributed by atoms with Gasteiger partial charge in [0.05, 0.1) is 20.3 Å². The molecule has 0 radical (unpaired) electrons. The second kappa shape index (κ2) is 5.84. The van der Waals surface area contributed by atoms with E-state index in [1.54, 1.807) is 14.2 Å². The van der Waals surface area contributed by atoms with Crippen LogP contribution in [0.1, 0.15) is 30.8 Å². The maximum Gasteiger partial charge on any atom is 0.222 e. The zero-order valence-corrected chi connectivity index (χ0v) is 12.9. The highest BCUT2D eigenvalue weighted by molar-refractivity contribution is 5.45. The molecule has 7 nitrogen and oxygen atoms in total. The molecule has 0 spiro atoms. The lowest BCUT2D eigenvalue weighted by molar-refractivity contribution is 0.269.